The van der Waals surface area contributed by atoms with Gasteiger partial charge < -0.3 is 14.8 Å². The van der Waals surface area contributed by atoms with Gasteiger partial charge in [0.15, 0.2) is 11.5 Å². The molecule has 0 bridgehead atoms. The number of hydrogen-bond acceptors (Lipinski definition) is 5. The maximum absolute atomic E-state index is 11.9. The smallest absolute Gasteiger partial charge is 0.243 e. The molecule has 1 rings (SSSR count). The first kappa shape index (κ1) is 22.0. The molecule has 26 heavy (non-hydrogen) atoms. The van der Waals surface area contributed by atoms with Gasteiger partial charge in [0.25, 0.3) is 0 Å². The van der Waals surface area contributed by atoms with Crippen molar-refractivity contribution in [2.45, 2.75) is 20.3 Å². The molecule has 0 heterocycles. The van der Waals surface area contributed by atoms with E-state index >= 15 is 0 Å². The zero-order valence-electron chi connectivity index (χ0n) is 15.8. The van der Waals surface area contributed by atoms with Crippen LogP contribution in [0.5, 0.6) is 11.5 Å². The lowest BCUT2D eigenvalue weighted by atomic mass is 10.2. The molecule has 8 heteroatoms. The van der Waals surface area contributed by atoms with Crippen molar-refractivity contribution < 1.29 is 22.7 Å². The minimum Gasteiger partial charge on any atom is -0.493 e. The highest BCUT2D eigenvalue weighted by molar-refractivity contribution is 7.89. The maximum atomic E-state index is 11.9. The summed E-state index contributed by atoms with van der Waals surface area (Å²) in [6.07, 6.45) is 3.67. The Hall–Kier alpha value is -2.06. The van der Waals surface area contributed by atoms with Crippen LogP contribution in [0.2, 0.25) is 0 Å². The van der Waals surface area contributed by atoms with Crippen LogP contribution in [0.1, 0.15) is 25.8 Å². The van der Waals surface area contributed by atoms with E-state index in [2.05, 4.69) is 5.32 Å². The third kappa shape index (κ3) is 7.05. The van der Waals surface area contributed by atoms with Crippen molar-refractivity contribution in [2.24, 2.45) is 0 Å². The van der Waals surface area contributed by atoms with Crippen molar-refractivity contribution in [1.29, 1.82) is 0 Å². The second-order valence-electron chi connectivity index (χ2n) is 5.54. The lowest BCUT2D eigenvalue weighted by Gasteiger charge is -2.15. The second kappa shape index (κ2) is 10.8. The van der Waals surface area contributed by atoms with Crippen molar-refractivity contribution in [3.8, 4) is 11.5 Å². The third-order valence-electron chi connectivity index (χ3n) is 3.70. The quantitative estimate of drug-likeness (QED) is 0.465. The number of nitrogens with zero attached hydrogens (tertiary/aromatic N) is 1. The summed E-state index contributed by atoms with van der Waals surface area (Å²) in [6.45, 7) is 4.79. The van der Waals surface area contributed by atoms with E-state index in [1.165, 1.54) is 10.4 Å². The minimum atomic E-state index is -3.18. The van der Waals surface area contributed by atoms with Crippen molar-refractivity contribution in [3.63, 3.8) is 0 Å². The third-order valence-corrected chi connectivity index (χ3v) is 5.57. The standard InChI is InChI=1S/C18H28N2O5S/c1-5-25-17-14-15(8-10-16(17)24-4)9-11-18(21)19-12-7-13-20(3)26(22,23)6-2/h8-11,14H,5-7,12-13H2,1-4H3,(H,19,21)/b11-9+. The van der Waals surface area contributed by atoms with Gasteiger partial charge in [0.2, 0.25) is 15.9 Å². The lowest BCUT2D eigenvalue weighted by Crippen LogP contribution is -2.32. The van der Waals surface area contributed by atoms with Gasteiger partial charge in [-0.05, 0) is 44.0 Å². The summed E-state index contributed by atoms with van der Waals surface area (Å²) in [7, 11) is -0.0600. The van der Waals surface area contributed by atoms with Crippen molar-refractivity contribution in [3.05, 3.63) is 29.8 Å². The predicted octanol–water partition coefficient (Wildman–Crippen LogP) is 1.89. The van der Waals surface area contributed by atoms with Crippen LogP contribution in [-0.2, 0) is 14.8 Å². The molecule has 0 saturated heterocycles. The van der Waals surface area contributed by atoms with Crippen LogP contribution in [0.3, 0.4) is 0 Å². The fraction of sp³-hybridized carbons (Fsp3) is 0.500. The Kier molecular flexibility index (Phi) is 9.15. The van der Waals surface area contributed by atoms with Crippen molar-refractivity contribution in [2.75, 3.05) is 39.6 Å². The lowest BCUT2D eigenvalue weighted by molar-refractivity contribution is -0.116. The fourth-order valence-corrected chi connectivity index (χ4v) is 3.02. The van der Waals surface area contributed by atoms with Gasteiger partial charge in [0, 0.05) is 26.2 Å². The zero-order chi connectivity index (χ0) is 19.6. The average molecular weight is 384 g/mol. The minimum absolute atomic E-state index is 0.0736. The summed E-state index contributed by atoms with van der Waals surface area (Å²) in [5, 5.41) is 2.74. The van der Waals surface area contributed by atoms with Gasteiger partial charge in [0.05, 0.1) is 19.5 Å². The Labute approximate surface area is 156 Å². The molecule has 1 aromatic carbocycles. The van der Waals surface area contributed by atoms with E-state index in [9.17, 15) is 13.2 Å². The van der Waals surface area contributed by atoms with Crippen LogP contribution >= 0.6 is 0 Å². The largest absolute Gasteiger partial charge is 0.493 e. The van der Waals surface area contributed by atoms with Crippen LogP contribution in [0.4, 0.5) is 0 Å². The zero-order valence-corrected chi connectivity index (χ0v) is 16.6. The number of ether oxygens (including phenoxy) is 2. The predicted molar refractivity (Wildman–Crippen MR) is 103 cm³/mol. The highest BCUT2D eigenvalue weighted by Gasteiger charge is 2.13. The Morgan fingerprint density at radius 3 is 2.62 bits per heavy atom. The van der Waals surface area contributed by atoms with Gasteiger partial charge in [-0.25, -0.2) is 12.7 Å². The Bertz CT molecular complexity index is 716. The molecule has 1 N–H and O–H groups in total. The van der Waals surface area contributed by atoms with Crippen molar-refractivity contribution in [1.82, 2.24) is 9.62 Å². The Morgan fingerprint density at radius 2 is 2.00 bits per heavy atom. The van der Waals surface area contributed by atoms with E-state index in [0.717, 1.165) is 5.56 Å². The molecule has 0 aromatic heterocycles. The highest BCUT2D eigenvalue weighted by Crippen LogP contribution is 2.28. The maximum Gasteiger partial charge on any atom is 0.243 e. The highest BCUT2D eigenvalue weighted by atomic mass is 32.2. The molecule has 0 unspecified atom stereocenters. The summed E-state index contributed by atoms with van der Waals surface area (Å²) < 4.78 is 35.3. The van der Waals surface area contributed by atoms with Crippen LogP contribution in [-0.4, -0.2) is 58.2 Å². The molecular weight excluding hydrogens is 356 g/mol. The van der Waals surface area contributed by atoms with Crippen molar-refractivity contribution >= 4 is 22.0 Å². The van der Waals surface area contributed by atoms with Gasteiger partial charge in [-0.15, -0.1) is 0 Å². The monoisotopic (exact) mass is 384 g/mol. The molecule has 1 amide bonds. The number of carbonyl (C=O) groups is 1. The summed E-state index contributed by atoms with van der Waals surface area (Å²) in [6, 6.07) is 5.42. The first-order chi connectivity index (χ1) is 12.3. The van der Waals surface area contributed by atoms with Crippen LogP contribution < -0.4 is 14.8 Å². The van der Waals surface area contributed by atoms with E-state index in [4.69, 9.17) is 9.47 Å². The number of rotatable bonds is 11. The normalized spacial score (nSPS) is 11.7. The van der Waals surface area contributed by atoms with E-state index < -0.39 is 10.0 Å². The number of hydrogen-bond donors (Lipinski definition) is 1. The molecule has 0 fully saturated rings. The number of amides is 1. The number of carbonyl (C=O) groups excluding carboxylic acids is 1. The van der Waals surface area contributed by atoms with E-state index in [-0.39, 0.29) is 11.7 Å². The van der Waals surface area contributed by atoms with Gasteiger partial charge in [0.1, 0.15) is 0 Å². The summed E-state index contributed by atoms with van der Waals surface area (Å²) in [4.78, 5) is 11.9. The second-order valence-corrected chi connectivity index (χ2v) is 7.91. The molecule has 0 atom stereocenters. The molecule has 1 aromatic rings. The van der Waals surface area contributed by atoms with E-state index in [1.54, 1.807) is 39.3 Å². The first-order valence-electron chi connectivity index (χ1n) is 8.54. The molecule has 0 radical (unpaired) electrons. The Morgan fingerprint density at radius 1 is 1.27 bits per heavy atom. The number of nitrogens with one attached hydrogen (secondary N) is 1. The SMILES string of the molecule is CCOc1cc(/C=C/C(=O)NCCCN(C)S(=O)(=O)CC)ccc1OC. The Balaban J connectivity index is 2.49. The van der Waals surface area contributed by atoms with E-state index in [0.29, 0.717) is 37.6 Å². The average Bonchev–Trinajstić information content (AvgIpc) is 2.63. The molecule has 0 aliphatic rings. The number of benzene rings is 1. The molecular formula is C18H28N2O5S. The fourth-order valence-electron chi connectivity index (χ4n) is 2.17. The first-order valence-corrected chi connectivity index (χ1v) is 10.2. The molecule has 146 valence electrons. The summed E-state index contributed by atoms with van der Waals surface area (Å²) in [5.41, 5.74) is 0.818. The molecule has 0 saturated carbocycles. The summed E-state index contributed by atoms with van der Waals surface area (Å²) >= 11 is 0. The van der Waals surface area contributed by atoms with Gasteiger partial charge in [-0.1, -0.05) is 6.07 Å². The van der Waals surface area contributed by atoms with Crippen LogP contribution in [0.25, 0.3) is 6.08 Å². The molecule has 7 nitrogen and oxygen atoms in total. The van der Waals surface area contributed by atoms with Crippen LogP contribution in [0.15, 0.2) is 24.3 Å². The molecule has 0 aliphatic carbocycles. The van der Waals surface area contributed by atoms with Gasteiger partial charge in [-0.3, -0.25) is 4.79 Å². The van der Waals surface area contributed by atoms with Gasteiger partial charge >= 0.3 is 0 Å². The number of methoxy groups -OCH3 is 1. The molecule has 0 aliphatic heterocycles. The summed E-state index contributed by atoms with van der Waals surface area (Å²) in [5.74, 6) is 1.10. The van der Waals surface area contributed by atoms with E-state index in [1.807, 2.05) is 13.0 Å². The van der Waals surface area contributed by atoms with Crippen LogP contribution in [0, 0.1) is 0 Å². The molecule has 0 spiro atoms. The van der Waals surface area contributed by atoms with Gasteiger partial charge in [-0.2, -0.15) is 0 Å². The number of sulfonamides is 1. The topological polar surface area (TPSA) is 84.9 Å².